The first-order valence-electron chi connectivity index (χ1n) is 10.1. The Balaban J connectivity index is 1.92. The van der Waals surface area contributed by atoms with Crippen molar-refractivity contribution < 1.29 is 19.0 Å². The van der Waals surface area contributed by atoms with Gasteiger partial charge in [-0.3, -0.25) is 4.79 Å². The Morgan fingerprint density at radius 1 is 0.933 bits per heavy atom. The average molecular weight is 408 g/mol. The second-order valence-electron chi connectivity index (χ2n) is 8.54. The van der Waals surface area contributed by atoms with E-state index in [1.54, 1.807) is 21.3 Å². The molecule has 1 aliphatic heterocycles. The van der Waals surface area contributed by atoms with Crippen LogP contribution in [0.25, 0.3) is 0 Å². The summed E-state index contributed by atoms with van der Waals surface area (Å²) in [5, 5.41) is 7.12. The van der Waals surface area contributed by atoms with Gasteiger partial charge < -0.3 is 24.8 Å². The first-order valence-corrected chi connectivity index (χ1v) is 10.1. The fraction of sp³-hybridized carbons (Fsp3) is 0.375. The van der Waals surface area contributed by atoms with E-state index < -0.39 is 0 Å². The van der Waals surface area contributed by atoms with Crippen molar-refractivity contribution in [2.75, 3.05) is 32.0 Å². The van der Waals surface area contributed by atoms with E-state index in [9.17, 15) is 4.79 Å². The van der Waals surface area contributed by atoms with Crippen molar-refractivity contribution in [2.45, 2.75) is 32.7 Å². The lowest BCUT2D eigenvalue weighted by atomic mass is 9.73. The summed E-state index contributed by atoms with van der Waals surface area (Å²) in [7, 11) is 4.77. The van der Waals surface area contributed by atoms with Gasteiger partial charge in [0.1, 0.15) is 0 Å². The Hall–Kier alpha value is -3.15. The number of anilines is 2. The van der Waals surface area contributed by atoms with Crippen molar-refractivity contribution in [3.8, 4) is 17.2 Å². The van der Waals surface area contributed by atoms with Gasteiger partial charge in [-0.25, -0.2) is 0 Å². The maximum atomic E-state index is 13.3. The van der Waals surface area contributed by atoms with Gasteiger partial charge in [-0.2, -0.15) is 0 Å². The zero-order chi connectivity index (χ0) is 21.5. The summed E-state index contributed by atoms with van der Waals surface area (Å²) in [6.07, 6.45) is 1.30. The number of rotatable bonds is 4. The van der Waals surface area contributed by atoms with Crippen LogP contribution in [0.3, 0.4) is 0 Å². The van der Waals surface area contributed by atoms with Crippen LogP contribution in [-0.4, -0.2) is 27.1 Å². The van der Waals surface area contributed by atoms with E-state index in [-0.39, 0.29) is 17.2 Å². The molecule has 1 heterocycles. The Bertz CT molecular complexity index is 1000. The van der Waals surface area contributed by atoms with E-state index in [1.807, 2.05) is 36.4 Å². The van der Waals surface area contributed by atoms with E-state index in [1.165, 1.54) is 0 Å². The predicted molar refractivity (Wildman–Crippen MR) is 118 cm³/mol. The highest BCUT2D eigenvalue weighted by Gasteiger charge is 2.39. The number of fused-ring (bicyclic) bond motifs is 1. The number of benzene rings is 2. The van der Waals surface area contributed by atoms with Crippen molar-refractivity contribution in [2.24, 2.45) is 5.41 Å². The maximum Gasteiger partial charge on any atom is 0.203 e. The summed E-state index contributed by atoms with van der Waals surface area (Å²) in [6.45, 7) is 4.27. The van der Waals surface area contributed by atoms with Gasteiger partial charge in [-0.15, -0.1) is 0 Å². The van der Waals surface area contributed by atoms with Crippen molar-refractivity contribution >= 4 is 17.2 Å². The second kappa shape index (κ2) is 7.59. The molecule has 0 saturated heterocycles. The fourth-order valence-electron chi connectivity index (χ4n) is 4.41. The first kappa shape index (κ1) is 20.1. The van der Waals surface area contributed by atoms with Gasteiger partial charge in [0, 0.05) is 17.7 Å². The molecule has 0 fully saturated rings. The third kappa shape index (κ3) is 3.47. The molecule has 0 spiro atoms. The van der Waals surface area contributed by atoms with Crippen LogP contribution in [0.5, 0.6) is 17.2 Å². The van der Waals surface area contributed by atoms with Crippen molar-refractivity contribution in [1.82, 2.24) is 0 Å². The Labute approximate surface area is 177 Å². The van der Waals surface area contributed by atoms with Crippen molar-refractivity contribution in [3.05, 3.63) is 53.2 Å². The monoisotopic (exact) mass is 408 g/mol. The molecule has 1 aliphatic carbocycles. The zero-order valence-corrected chi connectivity index (χ0v) is 18.1. The number of ketones is 1. The molecular formula is C24H28N2O4. The van der Waals surface area contributed by atoms with E-state index >= 15 is 0 Å². The summed E-state index contributed by atoms with van der Waals surface area (Å²) < 4.78 is 16.6. The SMILES string of the molecule is COc1cc([C@H]2Nc3ccccc3NC3=C2C(=O)CC(C)(C)C3)cc(OC)c1OC. The summed E-state index contributed by atoms with van der Waals surface area (Å²) in [4.78, 5) is 13.3. The van der Waals surface area contributed by atoms with Gasteiger partial charge in [-0.05, 0) is 41.7 Å². The lowest BCUT2D eigenvalue weighted by molar-refractivity contribution is -0.118. The number of Topliss-reactive ketones (excluding diaryl/α,β-unsaturated/α-hetero) is 1. The predicted octanol–water partition coefficient (Wildman–Crippen LogP) is 4.93. The van der Waals surface area contributed by atoms with Crippen LogP contribution in [0.4, 0.5) is 11.4 Å². The highest BCUT2D eigenvalue weighted by Crippen LogP contribution is 2.47. The Morgan fingerprint density at radius 2 is 1.57 bits per heavy atom. The van der Waals surface area contributed by atoms with Gasteiger partial charge in [0.2, 0.25) is 5.75 Å². The van der Waals surface area contributed by atoms with Crippen LogP contribution in [0.1, 0.15) is 38.3 Å². The number of hydrogen-bond acceptors (Lipinski definition) is 6. The third-order valence-electron chi connectivity index (χ3n) is 5.74. The molecule has 158 valence electrons. The highest BCUT2D eigenvalue weighted by molar-refractivity contribution is 6.01. The largest absolute Gasteiger partial charge is 0.493 e. The number of hydrogen-bond donors (Lipinski definition) is 2. The molecule has 6 heteroatoms. The minimum absolute atomic E-state index is 0.0952. The van der Waals surface area contributed by atoms with Gasteiger partial charge >= 0.3 is 0 Å². The topological polar surface area (TPSA) is 68.8 Å². The normalized spacial score (nSPS) is 19.6. The van der Waals surface area contributed by atoms with Crippen molar-refractivity contribution in [3.63, 3.8) is 0 Å². The molecule has 2 aliphatic rings. The lowest BCUT2D eigenvalue weighted by Gasteiger charge is -2.34. The molecule has 2 aromatic carbocycles. The number of ether oxygens (including phenoxy) is 3. The second-order valence-corrected chi connectivity index (χ2v) is 8.54. The van der Waals surface area contributed by atoms with Gasteiger partial charge in [0.25, 0.3) is 0 Å². The molecular weight excluding hydrogens is 380 g/mol. The molecule has 2 aromatic rings. The highest BCUT2D eigenvalue weighted by atomic mass is 16.5. The summed E-state index contributed by atoms with van der Waals surface area (Å²) in [6, 6.07) is 11.5. The molecule has 0 bridgehead atoms. The minimum Gasteiger partial charge on any atom is -0.493 e. The van der Waals surface area contributed by atoms with E-state index in [2.05, 4.69) is 24.5 Å². The van der Waals surface area contributed by atoms with Crippen LogP contribution in [0.15, 0.2) is 47.7 Å². The van der Waals surface area contributed by atoms with E-state index in [0.29, 0.717) is 23.7 Å². The molecule has 2 N–H and O–H groups in total. The molecule has 1 atom stereocenters. The number of methoxy groups -OCH3 is 3. The zero-order valence-electron chi connectivity index (χ0n) is 18.1. The first-order chi connectivity index (χ1) is 14.4. The molecule has 0 aromatic heterocycles. The summed E-state index contributed by atoms with van der Waals surface area (Å²) in [5.74, 6) is 1.80. The number of carbonyl (C=O) groups excluding carboxylic acids is 1. The van der Waals surface area contributed by atoms with Gasteiger partial charge in [0.15, 0.2) is 17.3 Å². The van der Waals surface area contributed by atoms with Crippen LogP contribution in [0, 0.1) is 5.41 Å². The van der Waals surface area contributed by atoms with Crippen LogP contribution < -0.4 is 24.8 Å². The van der Waals surface area contributed by atoms with Gasteiger partial charge in [0.05, 0.1) is 38.7 Å². The smallest absolute Gasteiger partial charge is 0.203 e. The average Bonchev–Trinajstić information content (AvgIpc) is 2.88. The number of nitrogens with one attached hydrogen (secondary N) is 2. The number of allylic oxidation sites excluding steroid dienone is 1. The number of carbonyl (C=O) groups is 1. The van der Waals surface area contributed by atoms with Crippen LogP contribution in [0.2, 0.25) is 0 Å². The van der Waals surface area contributed by atoms with Crippen molar-refractivity contribution in [1.29, 1.82) is 0 Å². The molecule has 4 rings (SSSR count). The Morgan fingerprint density at radius 3 is 2.17 bits per heavy atom. The number of para-hydroxylation sites is 2. The van der Waals surface area contributed by atoms with E-state index in [4.69, 9.17) is 14.2 Å². The van der Waals surface area contributed by atoms with Gasteiger partial charge in [-0.1, -0.05) is 26.0 Å². The molecule has 0 amide bonds. The molecule has 0 saturated carbocycles. The Kier molecular flexibility index (Phi) is 5.10. The van der Waals surface area contributed by atoms with Crippen LogP contribution in [-0.2, 0) is 4.79 Å². The molecule has 30 heavy (non-hydrogen) atoms. The quantitative estimate of drug-likeness (QED) is 0.747. The van der Waals surface area contributed by atoms with Crippen LogP contribution >= 0.6 is 0 Å². The minimum atomic E-state index is -0.339. The molecule has 0 radical (unpaired) electrons. The fourth-order valence-corrected chi connectivity index (χ4v) is 4.41. The maximum absolute atomic E-state index is 13.3. The lowest BCUT2D eigenvalue weighted by Crippen LogP contribution is -2.31. The molecule has 0 unspecified atom stereocenters. The van der Waals surface area contributed by atoms with E-state index in [0.717, 1.165) is 34.6 Å². The summed E-state index contributed by atoms with van der Waals surface area (Å²) >= 11 is 0. The summed E-state index contributed by atoms with van der Waals surface area (Å²) in [5.41, 5.74) is 4.42. The standard InChI is InChI=1S/C24H28N2O4/c1-24(2)12-17-21(18(27)13-24)22(26-16-9-7-6-8-15(16)25-17)14-10-19(28-3)23(30-5)20(11-14)29-4/h6-11,22,25-26H,12-13H2,1-5H3/t22-/m1/s1. The third-order valence-corrected chi connectivity index (χ3v) is 5.74. The molecule has 6 nitrogen and oxygen atoms in total.